The highest BCUT2D eigenvalue weighted by atomic mass is 16.3. The van der Waals surface area contributed by atoms with Crippen molar-refractivity contribution in [3.05, 3.63) is 35.4 Å². The van der Waals surface area contributed by atoms with Crippen LogP contribution in [0.15, 0.2) is 24.3 Å². The van der Waals surface area contributed by atoms with Gasteiger partial charge in [0.25, 0.3) is 11.8 Å². The lowest BCUT2D eigenvalue weighted by Crippen LogP contribution is -2.46. The Labute approximate surface area is 125 Å². The first-order valence-corrected chi connectivity index (χ1v) is 7.30. The van der Waals surface area contributed by atoms with Crippen LogP contribution in [-0.4, -0.2) is 48.1 Å². The average molecular weight is 290 g/mol. The Morgan fingerprint density at radius 2 is 2.05 bits per heavy atom. The molecule has 5 heteroatoms. The minimum absolute atomic E-state index is 0.0774. The Kier molecular flexibility index (Phi) is 4.96. The van der Waals surface area contributed by atoms with E-state index < -0.39 is 0 Å². The molecule has 1 saturated heterocycles. The lowest BCUT2D eigenvalue weighted by Gasteiger charge is -2.37. The van der Waals surface area contributed by atoms with Crippen LogP contribution in [0.3, 0.4) is 0 Å². The number of likely N-dealkylation sites (tertiary alicyclic amines) is 1. The van der Waals surface area contributed by atoms with E-state index in [2.05, 4.69) is 5.32 Å². The van der Waals surface area contributed by atoms with Gasteiger partial charge in [-0.2, -0.15) is 0 Å². The van der Waals surface area contributed by atoms with Crippen LogP contribution in [0.2, 0.25) is 0 Å². The van der Waals surface area contributed by atoms with Crippen molar-refractivity contribution in [1.82, 2.24) is 10.2 Å². The number of aliphatic hydroxyl groups excluding tert-OH is 1. The molecule has 5 nitrogen and oxygen atoms in total. The van der Waals surface area contributed by atoms with Gasteiger partial charge in [0.1, 0.15) is 0 Å². The molecule has 2 unspecified atom stereocenters. The van der Waals surface area contributed by atoms with E-state index >= 15 is 0 Å². The molecule has 1 heterocycles. The van der Waals surface area contributed by atoms with Gasteiger partial charge in [-0.1, -0.05) is 6.07 Å². The van der Waals surface area contributed by atoms with E-state index in [9.17, 15) is 14.7 Å². The first kappa shape index (κ1) is 15.5. The second kappa shape index (κ2) is 6.72. The van der Waals surface area contributed by atoms with Crippen molar-refractivity contribution in [2.45, 2.75) is 25.8 Å². The van der Waals surface area contributed by atoms with Gasteiger partial charge in [-0.15, -0.1) is 0 Å². The summed E-state index contributed by atoms with van der Waals surface area (Å²) in [5, 5.41) is 11.9. The van der Waals surface area contributed by atoms with Crippen molar-refractivity contribution < 1.29 is 14.7 Å². The zero-order valence-corrected chi connectivity index (χ0v) is 12.5. The quantitative estimate of drug-likeness (QED) is 0.881. The van der Waals surface area contributed by atoms with Crippen molar-refractivity contribution in [2.24, 2.45) is 5.92 Å². The Morgan fingerprint density at radius 3 is 2.71 bits per heavy atom. The minimum Gasteiger partial charge on any atom is -0.396 e. The SMILES string of the molecule is CNC(=O)c1cccc(C(=O)N2CC(CO)CCC2C)c1. The number of nitrogens with one attached hydrogen (secondary N) is 1. The van der Waals surface area contributed by atoms with Crippen molar-refractivity contribution in [3.63, 3.8) is 0 Å². The number of hydrogen-bond acceptors (Lipinski definition) is 3. The number of rotatable bonds is 3. The minimum atomic E-state index is -0.204. The van der Waals surface area contributed by atoms with E-state index in [0.717, 1.165) is 12.8 Å². The molecule has 21 heavy (non-hydrogen) atoms. The van der Waals surface area contributed by atoms with Crippen LogP contribution in [0.4, 0.5) is 0 Å². The molecule has 2 rings (SSSR count). The maximum atomic E-state index is 12.6. The molecule has 1 aliphatic rings. The summed E-state index contributed by atoms with van der Waals surface area (Å²) in [6, 6.07) is 6.91. The molecule has 1 fully saturated rings. The predicted molar refractivity (Wildman–Crippen MR) is 80.1 cm³/mol. The molecule has 0 spiro atoms. The Bertz CT molecular complexity index is 530. The number of aliphatic hydroxyl groups is 1. The molecule has 0 aliphatic carbocycles. The van der Waals surface area contributed by atoms with E-state index in [0.29, 0.717) is 17.7 Å². The molecule has 0 bridgehead atoms. The molecular weight excluding hydrogens is 268 g/mol. The summed E-state index contributed by atoms with van der Waals surface area (Å²) in [5.41, 5.74) is 0.994. The molecule has 1 aromatic rings. The Morgan fingerprint density at radius 1 is 1.33 bits per heavy atom. The molecule has 0 radical (unpaired) electrons. The van der Waals surface area contributed by atoms with Gasteiger partial charge in [0.05, 0.1) is 0 Å². The highest BCUT2D eigenvalue weighted by Crippen LogP contribution is 2.23. The van der Waals surface area contributed by atoms with E-state index in [1.165, 1.54) is 0 Å². The number of carbonyl (C=O) groups is 2. The fourth-order valence-corrected chi connectivity index (χ4v) is 2.72. The molecule has 1 aliphatic heterocycles. The van der Waals surface area contributed by atoms with Crippen molar-refractivity contribution in [1.29, 1.82) is 0 Å². The van der Waals surface area contributed by atoms with Gasteiger partial charge in [-0.3, -0.25) is 9.59 Å². The number of nitrogens with zero attached hydrogens (tertiary/aromatic N) is 1. The van der Waals surface area contributed by atoms with Crippen molar-refractivity contribution >= 4 is 11.8 Å². The highest BCUT2D eigenvalue weighted by Gasteiger charge is 2.29. The summed E-state index contributed by atoms with van der Waals surface area (Å²) in [6.45, 7) is 2.70. The van der Waals surface area contributed by atoms with Crippen LogP contribution in [0.5, 0.6) is 0 Å². The Hall–Kier alpha value is -1.88. The number of benzene rings is 1. The number of hydrogen-bond donors (Lipinski definition) is 2. The van der Waals surface area contributed by atoms with E-state index in [1.807, 2.05) is 6.92 Å². The third-order valence-corrected chi connectivity index (χ3v) is 4.10. The van der Waals surface area contributed by atoms with E-state index in [4.69, 9.17) is 0 Å². The van der Waals surface area contributed by atoms with E-state index in [1.54, 1.807) is 36.2 Å². The maximum absolute atomic E-state index is 12.6. The van der Waals surface area contributed by atoms with Crippen LogP contribution in [0.25, 0.3) is 0 Å². The van der Waals surface area contributed by atoms with Gasteiger partial charge in [0.15, 0.2) is 0 Å². The molecule has 1 aromatic carbocycles. The van der Waals surface area contributed by atoms with Gasteiger partial charge >= 0.3 is 0 Å². The number of carbonyl (C=O) groups excluding carboxylic acids is 2. The van der Waals surface area contributed by atoms with Crippen LogP contribution in [0.1, 0.15) is 40.5 Å². The summed E-state index contributed by atoms with van der Waals surface area (Å²) in [5.74, 6) is -0.136. The van der Waals surface area contributed by atoms with Crippen LogP contribution < -0.4 is 5.32 Å². The standard InChI is InChI=1S/C16H22N2O3/c1-11-6-7-12(10-19)9-18(11)16(21)14-5-3-4-13(8-14)15(20)17-2/h3-5,8,11-12,19H,6-7,9-10H2,1-2H3,(H,17,20). The summed E-state index contributed by atoms with van der Waals surface area (Å²) in [6.07, 6.45) is 1.84. The highest BCUT2D eigenvalue weighted by molar-refractivity contribution is 5.99. The lowest BCUT2D eigenvalue weighted by molar-refractivity contribution is 0.0489. The first-order valence-electron chi connectivity index (χ1n) is 7.30. The molecule has 2 N–H and O–H groups in total. The zero-order chi connectivity index (χ0) is 15.4. The third kappa shape index (κ3) is 3.42. The molecule has 114 valence electrons. The monoisotopic (exact) mass is 290 g/mol. The second-order valence-electron chi connectivity index (χ2n) is 5.59. The van der Waals surface area contributed by atoms with Crippen LogP contribution >= 0.6 is 0 Å². The fraction of sp³-hybridized carbons (Fsp3) is 0.500. The number of amides is 2. The first-order chi connectivity index (χ1) is 10.1. The molecule has 0 aromatic heterocycles. The smallest absolute Gasteiger partial charge is 0.254 e. The van der Waals surface area contributed by atoms with Crippen molar-refractivity contribution in [2.75, 3.05) is 20.2 Å². The summed E-state index contributed by atoms with van der Waals surface area (Å²) >= 11 is 0. The average Bonchev–Trinajstić information content (AvgIpc) is 2.54. The Balaban J connectivity index is 2.20. The van der Waals surface area contributed by atoms with E-state index in [-0.39, 0.29) is 30.4 Å². The largest absolute Gasteiger partial charge is 0.396 e. The second-order valence-corrected chi connectivity index (χ2v) is 5.59. The molecule has 0 saturated carbocycles. The summed E-state index contributed by atoms with van der Waals surface area (Å²) in [7, 11) is 1.56. The molecule has 2 amide bonds. The predicted octanol–water partition coefficient (Wildman–Crippen LogP) is 1.28. The molecule has 2 atom stereocenters. The van der Waals surface area contributed by atoms with Gasteiger partial charge in [-0.25, -0.2) is 0 Å². The normalized spacial score (nSPS) is 22.0. The lowest BCUT2D eigenvalue weighted by atomic mass is 9.93. The third-order valence-electron chi connectivity index (χ3n) is 4.10. The maximum Gasteiger partial charge on any atom is 0.254 e. The summed E-state index contributed by atoms with van der Waals surface area (Å²) in [4.78, 5) is 26.1. The van der Waals surface area contributed by atoms with Crippen LogP contribution in [0, 0.1) is 5.92 Å². The fourth-order valence-electron chi connectivity index (χ4n) is 2.72. The molecular formula is C16H22N2O3. The van der Waals surface area contributed by atoms with Gasteiger partial charge in [0, 0.05) is 37.4 Å². The summed E-state index contributed by atoms with van der Waals surface area (Å²) < 4.78 is 0. The van der Waals surface area contributed by atoms with Gasteiger partial charge < -0.3 is 15.3 Å². The number of piperidine rings is 1. The van der Waals surface area contributed by atoms with Crippen LogP contribution in [-0.2, 0) is 0 Å². The zero-order valence-electron chi connectivity index (χ0n) is 12.5. The topological polar surface area (TPSA) is 69.6 Å². The van der Waals surface area contributed by atoms with Gasteiger partial charge in [0.2, 0.25) is 0 Å². The van der Waals surface area contributed by atoms with Gasteiger partial charge in [-0.05, 0) is 43.9 Å². The van der Waals surface area contributed by atoms with Crippen molar-refractivity contribution in [3.8, 4) is 0 Å².